The zero-order valence-electron chi connectivity index (χ0n) is 16.5. The van der Waals surface area contributed by atoms with E-state index in [1.54, 1.807) is 55.5 Å². The number of benzene rings is 1. The predicted molar refractivity (Wildman–Crippen MR) is 131 cm³/mol. The number of aliphatic imine (C=N–C) groups is 1. The highest BCUT2D eigenvalue weighted by molar-refractivity contribution is 14.0. The van der Waals surface area contributed by atoms with Crippen molar-refractivity contribution in [2.75, 3.05) is 33.4 Å². The molecule has 0 spiro atoms. The van der Waals surface area contributed by atoms with Crippen LogP contribution in [0.1, 0.15) is 11.1 Å². The van der Waals surface area contributed by atoms with Crippen molar-refractivity contribution < 1.29 is 12.8 Å². The first kappa shape index (κ1) is 26.1. The molecule has 2 aromatic rings. The molecule has 1 heterocycles. The number of thiophene rings is 1. The summed E-state index contributed by atoms with van der Waals surface area (Å²) in [6.07, 6.45) is 1.98. The van der Waals surface area contributed by atoms with Crippen LogP contribution in [0.3, 0.4) is 0 Å². The van der Waals surface area contributed by atoms with Crippen molar-refractivity contribution in [3.05, 3.63) is 52.7 Å². The Hall–Kier alpha value is -0.890. The summed E-state index contributed by atoms with van der Waals surface area (Å²) in [6.45, 7) is 1.20. The lowest BCUT2D eigenvalue weighted by molar-refractivity contribution is 0.471. The summed E-state index contributed by atoms with van der Waals surface area (Å²) in [4.78, 5) is 4.15. The van der Waals surface area contributed by atoms with Crippen molar-refractivity contribution in [1.29, 1.82) is 0 Å². The summed E-state index contributed by atoms with van der Waals surface area (Å²) in [5.41, 5.74) is 1.94. The topological polar surface area (TPSA) is 73.8 Å². The van der Waals surface area contributed by atoms with E-state index in [0.717, 1.165) is 16.9 Å². The number of nitrogens with one attached hydrogen (secondary N) is 2. The van der Waals surface area contributed by atoms with Crippen LogP contribution in [0.15, 0.2) is 44.9 Å². The summed E-state index contributed by atoms with van der Waals surface area (Å²) in [6, 6.07) is 8.08. The average molecular weight is 573 g/mol. The fourth-order valence-electron chi connectivity index (χ4n) is 2.47. The van der Waals surface area contributed by atoms with Crippen molar-refractivity contribution in [3.63, 3.8) is 0 Å². The number of sulfonamides is 1. The molecular formula is C18H26FIN4O2S3. The molecule has 0 fully saturated rings. The zero-order chi connectivity index (χ0) is 20.6. The van der Waals surface area contributed by atoms with Gasteiger partial charge in [-0.05, 0) is 41.0 Å². The highest BCUT2D eigenvalue weighted by Gasteiger charge is 2.21. The lowest BCUT2D eigenvalue weighted by Crippen LogP contribution is -2.41. The first-order valence-corrected chi connectivity index (χ1v) is 12.3. The van der Waals surface area contributed by atoms with Gasteiger partial charge in [0, 0.05) is 39.5 Å². The smallest absolute Gasteiger partial charge is 0.252 e. The molecule has 1 aromatic carbocycles. The van der Waals surface area contributed by atoms with Crippen LogP contribution in [0.25, 0.3) is 0 Å². The quantitative estimate of drug-likeness (QED) is 0.274. The Morgan fingerprint density at radius 3 is 2.66 bits per heavy atom. The second-order valence-corrected chi connectivity index (χ2v) is 10.0. The third kappa shape index (κ3) is 7.70. The zero-order valence-corrected chi connectivity index (χ0v) is 21.3. The van der Waals surface area contributed by atoms with Gasteiger partial charge in [-0.1, -0.05) is 12.1 Å². The first-order valence-electron chi connectivity index (χ1n) is 8.59. The number of rotatable bonds is 9. The van der Waals surface area contributed by atoms with Crippen LogP contribution >= 0.6 is 47.1 Å². The molecule has 0 unspecified atom stereocenters. The minimum absolute atomic E-state index is 0. The Bertz CT molecular complexity index is 893. The number of guanidine groups is 1. The van der Waals surface area contributed by atoms with E-state index in [1.165, 1.54) is 21.7 Å². The van der Waals surface area contributed by atoms with Gasteiger partial charge in [-0.2, -0.15) is 16.1 Å². The molecule has 162 valence electrons. The molecule has 11 heteroatoms. The Kier molecular flexibility index (Phi) is 11.5. The number of likely N-dealkylation sites (N-methyl/N-ethyl adjacent to an activating group) is 1. The molecule has 0 aliphatic rings. The third-order valence-corrected chi connectivity index (χ3v) is 7.85. The van der Waals surface area contributed by atoms with E-state index in [9.17, 15) is 12.8 Å². The van der Waals surface area contributed by atoms with Gasteiger partial charge in [-0.3, -0.25) is 4.99 Å². The van der Waals surface area contributed by atoms with Gasteiger partial charge in [0.25, 0.3) is 10.0 Å². The van der Waals surface area contributed by atoms with Gasteiger partial charge in [0.05, 0.1) is 0 Å². The molecule has 6 nitrogen and oxygen atoms in total. The standard InChI is InChI=1S/C18H25FN4O2S3.HI/c1-20-18(22-12-14-6-7-16(19)11-15(14)13-26-3)21-8-9-23(2)28(24,25)17-5-4-10-27-17;/h4-7,10-11H,8-9,12-13H2,1-3H3,(H2,20,21,22);1H. The lowest BCUT2D eigenvalue weighted by atomic mass is 10.1. The molecule has 0 amide bonds. The maximum atomic E-state index is 13.5. The summed E-state index contributed by atoms with van der Waals surface area (Å²) < 4.78 is 39.9. The molecule has 2 N–H and O–H groups in total. The van der Waals surface area contributed by atoms with Gasteiger partial charge in [0.15, 0.2) is 5.96 Å². The van der Waals surface area contributed by atoms with Gasteiger partial charge >= 0.3 is 0 Å². The van der Waals surface area contributed by atoms with Crippen molar-refractivity contribution >= 4 is 63.1 Å². The van der Waals surface area contributed by atoms with Gasteiger partial charge in [-0.25, -0.2) is 12.8 Å². The Morgan fingerprint density at radius 1 is 1.28 bits per heavy atom. The highest BCUT2D eigenvalue weighted by atomic mass is 127. The number of hydrogen-bond donors (Lipinski definition) is 2. The van der Waals surface area contributed by atoms with Gasteiger partial charge in [-0.15, -0.1) is 35.3 Å². The van der Waals surface area contributed by atoms with Crippen molar-refractivity contribution in [3.8, 4) is 0 Å². The van der Waals surface area contributed by atoms with Crippen LogP contribution in [0.4, 0.5) is 4.39 Å². The molecule has 0 radical (unpaired) electrons. The van der Waals surface area contributed by atoms with E-state index in [1.807, 2.05) is 6.26 Å². The van der Waals surface area contributed by atoms with E-state index >= 15 is 0 Å². The van der Waals surface area contributed by atoms with E-state index in [0.29, 0.717) is 29.8 Å². The number of halogens is 2. The van der Waals surface area contributed by atoms with Crippen LogP contribution in [-0.2, 0) is 22.3 Å². The SMILES string of the molecule is CN=C(NCCN(C)S(=O)(=O)c1cccs1)NCc1ccc(F)cc1CSC.I. The maximum Gasteiger partial charge on any atom is 0.252 e. The van der Waals surface area contributed by atoms with Crippen LogP contribution in [0.5, 0.6) is 0 Å². The van der Waals surface area contributed by atoms with Gasteiger partial charge in [0.2, 0.25) is 0 Å². The summed E-state index contributed by atoms with van der Waals surface area (Å²) in [5.74, 6) is 1.04. The van der Waals surface area contributed by atoms with E-state index in [-0.39, 0.29) is 29.8 Å². The Morgan fingerprint density at radius 2 is 2.03 bits per heavy atom. The fourth-order valence-corrected chi connectivity index (χ4v) is 5.42. The van der Waals surface area contributed by atoms with Crippen molar-refractivity contribution in [2.24, 2.45) is 4.99 Å². The summed E-state index contributed by atoms with van der Waals surface area (Å²) in [5, 5.41) is 8.03. The van der Waals surface area contributed by atoms with Crippen LogP contribution in [0.2, 0.25) is 0 Å². The van der Waals surface area contributed by atoms with Crippen LogP contribution in [0, 0.1) is 5.82 Å². The molecule has 0 saturated carbocycles. The molecule has 29 heavy (non-hydrogen) atoms. The fraction of sp³-hybridized carbons (Fsp3) is 0.389. The van der Waals surface area contributed by atoms with E-state index in [4.69, 9.17) is 0 Å². The molecule has 0 saturated heterocycles. The van der Waals surface area contributed by atoms with Crippen LogP contribution < -0.4 is 10.6 Å². The molecular weight excluding hydrogens is 546 g/mol. The first-order chi connectivity index (χ1) is 13.4. The highest BCUT2D eigenvalue weighted by Crippen LogP contribution is 2.19. The minimum Gasteiger partial charge on any atom is -0.355 e. The van der Waals surface area contributed by atoms with Crippen LogP contribution in [-0.4, -0.2) is 52.1 Å². The summed E-state index contributed by atoms with van der Waals surface area (Å²) in [7, 11) is -0.254. The molecule has 2 rings (SSSR count). The third-order valence-electron chi connectivity index (χ3n) is 4.02. The van der Waals surface area contributed by atoms with Gasteiger partial charge < -0.3 is 10.6 Å². The maximum absolute atomic E-state index is 13.5. The molecule has 0 bridgehead atoms. The molecule has 0 aliphatic heterocycles. The normalized spacial score (nSPS) is 12.0. The second kappa shape index (κ2) is 12.7. The number of hydrogen-bond acceptors (Lipinski definition) is 5. The van der Waals surface area contributed by atoms with Gasteiger partial charge in [0.1, 0.15) is 10.0 Å². The average Bonchev–Trinajstić information content (AvgIpc) is 3.21. The Labute approximate surface area is 197 Å². The number of nitrogens with zero attached hydrogens (tertiary/aromatic N) is 2. The summed E-state index contributed by atoms with van der Waals surface area (Å²) >= 11 is 2.83. The monoisotopic (exact) mass is 572 g/mol. The lowest BCUT2D eigenvalue weighted by Gasteiger charge is -2.18. The molecule has 0 atom stereocenters. The van der Waals surface area contributed by atoms with E-state index in [2.05, 4.69) is 15.6 Å². The van der Waals surface area contributed by atoms with Crippen molar-refractivity contribution in [2.45, 2.75) is 16.5 Å². The largest absolute Gasteiger partial charge is 0.355 e. The van der Waals surface area contributed by atoms with Crippen molar-refractivity contribution in [1.82, 2.24) is 14.9 Å². The molecule has 0 aliphatic carbocycles. The number of thioether (sulfide) groups is 1. The Balaban J connectivity index is 0.00000420. The minimum atomic E-state index is -3.46. The second-order valence-electron chi connectivity index (χ2n) is 5.96. The predicted octanol–water partition coefficient (Wildman–Crippen LogP) is 3.35. The van der Waals surface area contributed by atoms with E-state index < -0.39 is 10.0 Å². The molecule has 1 aromatic heterocycles.